The van der Waals surface area contributed by atoms with Crippen molar-refractivity contribution < 1.29 is 23.8 Å². The van der Waals surface area contributed by atoms with Gasteiger partial charge in [-0.2, -0.15) is 0 Å². The Labute approximate surface area is 125 Å². The van der Waals surface area contributed by atoms with Crippen LogP contribution in [0.2, 0.25) is 0 Å². The van der Waals surface area contributed by atoms with E-state index in [1.807, 2.05) is 13.8 Å². The molecule has 5 heteroatoms. The molecular formula is C16H24O5. The maximum Gasteiger partial charge on any atom is 0.337 e. The van der Waals surface area contributed by atoms with Crippen LogP contribution in [-0.2, 0) is 23.8 Å². The molecule has 0 saturated carbocycles. The van der Waals surface area contributed by atoms with E-state index in [9.17, 15) is 9.59 Å². The van der Waals surface area contributed by atoms with Gasteiger partial charge in [0.1, 0.15) is 6.61 Å². The van der Waals surface area contributed by atoms with Gasteiger partial charge in [-0.1, -0.05) is 25.5 Å². The molecule has 0 spiro atoms. The fraction of sp³-hybridized carbons (Fsp3) is 0.625. The van der Waals surface area contributed by atoms with Crippen molar-refractivity contribution in [2.45, 2.75) is 45.6 Å². The summed E-state index contributed by atoms with van der Waals surface area (Å²) < 4.78 is 15.5. The summed E-state index contributed by atoms with van der Waals surface area (Å²) in [6.45, 7) is 6.33. The molecule has 21 heavy (non-hydrogen) atoms. The maximum atomic E-state index is 11.8. The predicted octanol–water partition coefficient (Wildman–Crippen LogP) is 2.55. The minimum Gasteiger partial charge on any atom is -0.464 e. The molecule has 0 aromatic heterocycles. The van der Waals surface area contributed by atoms with Crippen LogP contribution in [0.1, 0.15) is 40.0 Å². The second-order valence-electron chi connectivity index (χ2n) is 5.09. The van der Waals surface area contributed by atoms with Crippen LogP contribution in [0.5, 0.6) is 0 Å². The van der Waals surface area contributed by atoms with Gasteiger partial charge in [-0.05, 0) is 32.8 Å². The molecule has 0 amide bonds. The minimum atomic E-state index is -0.597. The fourth-order valence-corrected chi connectivity index (χ4v) is 1.79. The van der Waals surface area contributed by atoms with Crippen LogP contribution in [-0.4, -0.2) is 37.4 Å². The SMILES string of the molecule is CCCCOC(=O)C1=CCC(C)(OCC(=O)OCC)C=C1. The van der Waals surface area contributed by atoms with Gasteiger partial charge in [0.25, 0.3) is 0 Å². The Balaban J connectivity index is 2.43. The van der Waals surface area contributed by atoms with Gasteiger partial charge >= 0.3 is 11.9 Å². The lowest BCUT2D eigenvalue weighted by atomic mass is 9.94. The average molecular weight is 296 g/mol. The number of esters is 2. The zero-order valence-corrected chi connectivity index (χ0v) is 13.0. The molecule has 1 aliphatic carbocycles. The number of hydrogen-bond donors (Lipinski definition) is 0. The van der Waals surface area contributed by atoms with Gasteiger partial charge < -0.3 is 14.2 Å². The Kier molecular flexibility index (Phi) is 7.15. The van der Waals surface area contributed by atoms with Crippen molar-refractivity contribution in [3.05, 3.63) is 23.8 Å². The quantitative estimate of drug-likeness (QED) is 0.509. The van der Waals surface area contributed by atoms with E-state index in [1.165, 1.54) is 0 Å². The highest BCUT2D eigenvalue weighted by molar-refractivity contribution is 5.91. The van der Waals surface area contributed by atoms with Crippen LogP contribution in [0, 0.1) is 0 Å². The summed E-state index contributed by atoms with van der Waals surface area (Å²) in [7, 11) is 0. The standard InChI is InChI=1S/C16H24O5/c1-4-6-11-20-15(18)13-7-9-16(3,10-8-13)21-12-14(17)19-5-2/h7-9H,4-6,10-12H2,1-3H3. The summed E-state index contributed by atoms with van der Waals surface area (Å²) in [6, 6.07) is 0. The first-order chi connectivity index (χ1) is 10.0. The van der Waals surface area contributed by atoms with E-state index in [-0.39, 0.29) is 18.5 Å². The zero-order chi connectivity index (χ0) is 15.7. The van der Waals surface area contributed by atoms with E-state index in [0.29, 0.717) is 25.2 Å². The number of ether oxygens (including phenoxy) is 3. The first-order valence-electron chi connectivity index (χ1n) is 7.37. The fourth-order valence-electron chi connectivity index (χ4n) is 1.79. The minimum absolute atomic E-state index is 0.0984. The summed E-state index contributed by atoms with van der Waals surface area (Å²) in [4.78, 5) is 23.1. The topological polar surface area (TPSA) is 61.8 Å². The van der Waals surface area contributed by atoms with Crippen LogP contribution < -0.4 is 0 Å². The van der Waals surface area contributed by atoms with Crippen molar-refractivity contribution in [2.75, 3.05) is 19.8 Å². The van der Waals surface area contributed by atoms with Crippen molar-refractivity contribution in [1.82, 2.24) is 0 Å². The Hall–Kier alpha value is -1.62. The van der Waals surface area contributed by atoms with Crippen LogP contribution in [0.3, 0.4) is 0 Å². The van der Waals surface area contributed by atoms with Gasteiger partial charge in [0.2, 0.25) is 0 Å². The normalized spacial score (nSPS) is 20.8. The maximum absolute atomic E-state index is 11.8. The number of carbonyl (C=O) groups excluding carboxylic acids is 2. The Morgan fingerprint density at radius 1 is 1.29 bits per heavy atom. The molecule has 0 bridgehead atoms. The second kappa shape index (κ2) is 8.62. The molecule has 0 heterocycles. The van der Waals surface area contributed by atoms with Crippen LogP contribution in [0.25, 0.3) is 0 Å². The summed E-state index contributed by atoms with van der Waals surface area (Å²) in [6.07, 6.45) is 7.61. The first kappa shape index (κ1) is 17.4. The first-order valence-corrected chi connectivity index (χ1v) is 7.37. The number of hydrogen-bond acceptors (Lipinski definition) is 5. The zero-order valence-electron chi connectivity index (χ0n) is 13.0. The van der Waals surface area contributed by atoms with E-state index >= 15 is 0 Å². The number of carbonyl (C=O) groups is 2. The molecule has 0 aromatic rings. The van der Waals surface area contributed by atoms with Gasteiger partial charge in [-0.25, -0.2) is 9.59 Å². The van der Waals surface area contributed by atoms with Crippen molar-refractivity contribution in [2.24, 2.45) is 0 Å². The third-order valence-electron chi connectivity index (χ3n) is 3.13. The molecular weight excluding hydrogens is 272 g/mol. The average Bonchev–Trinajstić information content (AvgIpc) is 2.46. The third kappa shape index (κ3) is 6.12. The molecule has 0 radical (unpaired) electrons. The van der Waals surface area contributed by atoms with Crippen molar-refractivity contribution in [3.63, 3.8) is 0 Å². The smallest absolute Gasteiger partial charge is 0.337 e. The Morgan fingerprint density at radius 3 is 2.62 bits per heavy atom. The van der Waals surface area contributed by atoms with Crippen molar-refractivity contribution >= 4 is 11.9 Å². The highest BCUT2D eigenvalue weighted by Crippen LogP contribution is 2.25. The van der Waals surface area contributed by atoms with Gasteiger partial charge in [0.05, 0.1) is 24.4 Å². The Bertz CT molecular complexity index is 424. The highest BCUT2D eigenvalue weighted by Gasteiger charge is 2.26. The summed E-state index contributed by atoms with van der Waals surface area (Å²) in [5.41, 5.74) is -0.0664. The monoisotopic (exact) mass is 296 g/mol. The molecule has 5 nitrogen and oxygen atoms in total. The summed E-state index contributed by atoms with van der Waals surface area (Å²) in [5.74, 6) is -0.701. The van der Waals surface area contributed by atoms with E-state index in [1.54, 1.807) is 25.2 Å². The lowest BCUT2D eigenvalue weighted by molar-refractivity contribution is -0.152. The number of rotatable bonds is 8. The van der Waals surface area contributed by atoms with Crippen LogP contribution in [0.4, 0.5) is 0 Å². The molecule has 1 rings (SSSR count). The van der Waals surface area contributed by atoms with Crippen molar-refractivity contribution in [1.29, 1.82) is 0 Å². The van der Waals surface area contributed by atoms with Crippen molar-refractivity contribution in [3.8, 4) is 0 Å². The molecule has 1 unspecified atom stereocenters. The van der Waals surface area contributed by atoms with Gasteiger partial charge in [-0.3, -0.25) is 0 Å². The van der Waals surface area contributed by atoms with E-state index in [4.69, 9.17) is 14.2 Å². The number of unbranched alkanes of at least 4 members (excludes halogenated alkanes) is 1. The molecule has 0 saturated heterocycles. The largest absolute Gasteiger partial charge is 0.464 e. The molecule has 0 fully saturated rings. The second-order valence-corrected chi connectivity index (χ2v) is 5.09. The molecule has 118 valence electrons. The highest BCUT2D eigenvalue weighted by atomic mass is 16.6. The van der Waals surface area contributed by atoms with Gasteiger partial charge in [0, 0.05) is 0 Å². The van der Waals surface area contributed by atoms with Gasteiger partial charge in [0.15, 0.2) is 0 Å². The van der Waals surface area contributed by atoms with Crippen LogP contribution in [0.15, 0.2) is 23.8 Å². The summed E-state index contributed by atoms with van der Waals surface area (Å²) >= 11 is 0. The summed E-state index contributed by atoms with van der Waals surface area (Å²) in [5, 5.41) is 0. The lowest BCUT2D eigenvalue weighted by Crippen LogP contribution is -2.31. The molecule has 0 aliphatic heterocycles. The predicted molar refractivity (Wildman–Crippen MR) is 78.7 cm³/mol. The van der Waals surface area contributed by atoms with Crippen LogP contribution >= 0.6 is 0 Å². The molecule has 1 aliphatic rings. The van der Waals surface area contributed by atoms with E-state index in [2.05, 4.69) is 0 Å². The Morgan fingerprint density at radius 2 is 2.05 bits per heavy atom. The lowest BCUT2D eigenvalue weighted by Gasteiger charge is -2.27. The van der Waals surface area contributed by atoms with E-state index < -0.39 is 5.60 Å². The van der Waals surface area contributed by atoms with Gasteiger partial charge in [-0.15, -0.1) is 0 Å². The molecule has 1 atom stereocenters. The third-order valence-corrected chi connectivity index (χ3v) is 3.13. The molecule has 0 N–H and O–H groups in total. The van der Waals surface area contributed by atoms with E-state index in [0.717, 1.165) is 12.8 Å². The molecule has 0 aromatic carbocycles.